The van der Waals surface area contributed by atoms with Crippen LogP contribution in [-0.4, -0.2) is 37.0 Å². The van der Waals surface area contributed by atoms with Crippen molar-refractivity contribution in [1.29, 1.82) is 0 Å². The van der Waals surface area contributed by atoms with Crippen LogP contribution in [0.2, 0.25) is 0 Å². The highest BCUT2D eigenvalue weighted by atomic mass is 19.4. The lowest BCUT2D eigenvalue weighted by atomic mass is 10.0. The lowest BCUT2D eigenvalue weighted by Gasteiger charge is -2.34. The number of nitrogens with zero attached hydrogens (tertiary/aromatic N) is 1. The zero-order chi connectivity index (χ0) is 16.3. The molecule has 0 bridgehead atoms. The van der Waals surface area contributed by atoms with Gasteiger partial charge in [-0.05, 0) is 43.5 Å². The maximum atomic E-state index is 13.5. The smallest absolute Gasteiger partial charge is 0.393 e. The molecule has 2 rings (SSSR count). The Balaban J connectivity index is 2.16. The Hall–Kier alpha value is -1.34. The number of alkyl halides is 3. The van der Waals surface area contributed by atoms with Crippen LogP contribution in [0, 0.1) is 5.82 Å². The molecule has 0 spiro atoms. The molecule has 1 aliphatic heterocycles. The molecule has 0 amide bonds. The second-order valence-electron chi connectivity index (χ2n) is 5.64. The number of anilines is 1. The minimum absolute atomic E-state index is 0.346. The Labute approximate surface area is 126 Å². The molecular formula is C15H20F4N2O. The van der Waals surface area contributed by atoms with E-state index in [4.69, 9.17) is 0 Å². The van der Waals surface area contributed by atoms with E-state index in [0.717, 1.165) is 5.69 Å². The fraction of sp³-hybridized carbons (Fsp3) is 0.600. The van der Waals surface area contributed by atoms with Gasteiger partial charge in [-0.2, -0.15) is 13.2 Å². The van der Waals surface area contributed by atoms with Gasteiger partial charge in [0.05, 0.1) is 12.6 Å². The first-order valence-electron chi connectivity index (χ1n) is 7.29. The number of aliphatic hydroxyl groups excluding tert-OH is 1. The highest BCUT2D eigenvalue weighted by Crippen LogP contribution is 2.30. The Morgan fingerprint density at radius 3 is 2.55 bits per heavy atom. The summed E-state index contributed by atoms with van der Waals surface area (Å²) in [4.78, 5) is 1.98. The second-order valence-corrected chi connectivity index (χ2v) is 5.64. The quantitative estimate of drug-likeness (QED) is 0.837. The monoisotopic (exact) mass is 320 g/mol. The Kier molecular flexibility index (Phi) is 5.28. The Morgan fingerprint density at radius 1 is 1.32 bits per heavy atom. The third-order valence-electron chi connectivity index (χ3n) is 3.87. The van der Waals surface area contributed by atoms with Crippen molar-refractivity contribution in [2.45, 2.75) is 38.1 Å². The van der Waals surface area contributed by atoms with E-state index < -0.39 is 24.6 Å². The molecule has 22 heavy (non-hydrogen) atoms. The molecule has 2 N–H and O–H groups in total. The molecule has 0 radical (unpaired) electrons. The summed E-state index contributed by atoms with van der Waals surface area (Å²) in [6, 6.07) is 3.54. The molecule has 1 aromatic rings. The van der Waals surface area contributed by atoms with E-state index in [1.807, 2.05) is 4.90 Å². The summed E-state index contributed by atoms with van der Waals surface area (Å²) >= 11 is 0. The van der Waals surface area contributed by atoms with Crippen LogP contribution in [0.5, 0.6) is 0 Å². The fourth-order valence-electron chi connectivity index (χ4n) is 2.65. The fourth-order valence-corrected chi connectivity index (χ4v) is 2.65. The molecule has 1 heterocycles. The van der Waals surface area contributed by atoms with Gasteiger partial charge in [0.2, 0.25) is 0 Å². The number of piperidine rings is 1. The lowest BCUT2D eigenvalue weighted by Crippen LogP contribution is -2.37. The predicted molar refractivity (Wildman–Crippen MR) is 76.3 cm³/mol. The van der Waals surface area contributed by atoms with E-state index >= 15 is 0 Å². The van der Waals surface area contributed by atoms with E-state index in [9.17, 15) is 22.7 Å². The van der Waals surface area contributed by atoms with Gasteiger partial charge in [-0.3, -0.25) is 0 Å². The predicted octanol–water partition coefficient (Wildman–Crippen LogP) is 3.00. The molecule has 7 heteroatoms. The van der Waals surface area contributed by atoms with Gasteiger partial charge in [0.15, 0.2) is 0 Å². The highest BCUT2D eigenvalue weighted by Gasteiger charge is 2.28. The second kappa shape index (κ2) is 6.83. The van der Waals surface area contributed by atoms with Gasteiger partial charge in [0.1, 0.15) is 5.82 Å². The first kappa shape index (κ1) is 17.0. The molecule has 0 saturated carbocycles. The molecule has 1 saturated heterocycles. The number of halogens is 4. The average molecular weight is 320 g/mol. The summed E-state index contributed by atoms with van der Waals surface area (Å²) in [6.45, 7) is 1.67. The molecule has 1 fully saturated rings. The largest absolute Gasteiger partial charge is 0.401 e. The third-order valence-corrected chi connectivity index (χ3v) is 3.87. The average Bonchev–Trinajstić information content (AvgIpc) is 2.45. The van der Waals surface area contributed by atoms with Crippen LogP contribution in [0.15, 0.2) is 18.2 Å². The molecule has 1 aliphatic rings. The number of rotatable bonds is 4. The van der Waals surface area contributed by atoms with Gasteiger partial charge >= 0.3 is 6.18 Å². The first-order chi connectivity index (χ1) is 10.3. The summed E-state index contributed by atoms with van der Waals surface area (Å²) in [6.07, 6.45) is -3.46. The van der Waals surface area contributed by atoms with Gasteiger partial charge in [-0.1, -0.05) is 0 Å². The van der Waals surface area contributed by atoms with Crippen molar-refractivity contribution in [3.63, 3.8) is 0 Å². The van der Waals surface area contributed by atoms with Gasteiger partial charge in [0, 0.05) is 24.8 Å². The summed E-state index contributed by atoms with van der Waals surface area (Å²) in [5, 5.41) is 11.9. The minimum atomic E-state index is -4.31. The van der Waals surface area contributed by atoms with Gasteiger partial charge in [0.25, 0.3) is 0 Å². The zero-order valence-corrected chi connectivity index (χ0v) is 12.3. The van der Waals surface area contributed by atoms with Crippen LogP contribution < -0.4 is 10.2 Å². The third kappa shape index (κ3) is 4.58. The topological polar surface area (TPSA) is 35.5 Å². The van der Waals surface area contributed by atoms with E-state index in [2.05, 4.69) is 5.32 Å². The van der Waals surface area contributed by atoms with E-state index in [1.54, 1.807) is 13.0 Å². The Bertz CT molecular complexity index is 499. The molecule has 124 valence electrons. The van der Waals surface area contributed by atoms with Crippen LogP contribution in [0.25, 0.3) is 0 Å². The van der Waals surface area contributed by atoms with Crippen molar-refractivity contribution in [1.82, 2.24) is 5.32 Å². The number of hydrogen-bond donors (Lipinski definition) is 2. The standard InChI is InChI=1S/C15H20F4N2O/c1-10(20-9-15(17,18)19)13-8-11(16)2-3-14(13)21-6-4-12(22)5-7-21/h2-3,8,10,12,20,22H,4-7,9H2,1H3. The molecule has 3 nitrogen and oxygen atoms in total. The molecule has 1 aromatic carbocycles. The summed E-state index contributed by atoms with van der Waals surface area (Å²) < 4.78 is 50.5. The van der Waals surface area contributed by atoms with Gasteiger partial charge in [-0.15, -0.1) is 0 Å². The van der Waals surface area contributed by atoms with Gasteiger partial charge in [-0.25, -0.2) is 4.39 Å². The Morgan fingerprint density at radius 2 is 1.95 bits per heavy atom. The number of hydrogen-bond acceptors (Lipinski definition) is 3. The van der Waals surface area contributed by atoms with E-state index in [-0.39, 0.29) is 6.10 Å². The lowest BCUT2D eigenvalue weighted by molar-refractivity contribution is -0.126. The van der Waals surface area contributed by atoms with Crippen LogP contribution in [0.4, 0.5) is 23.2 Å². The first-order valence-corrected chi connectivity index (χ1v) is 7.29. The van der Waals surface area contributed by atoms with Crippen molar-refractivity contribution in [2.75, 3.05) is 24.5 Å². The van der Waals surface area contributed by atoms with Crippen molar-refractivity contribution in [3.05, 3.63) is 29.6 Å². The summed E-state index contributed by atoms with van der Waals surface area (Å²) in [7, 11) is 0. The van der Waals surface area contributed by atoms with Crippen LogP contribution in [0.1, 0.15) is 31.4 Å². The maximum absolute atomic E-state index is 13.5. The summed E-state index contributed by atoms with van der Waals surface area (Å²) in [5.41, 5.74) is 1.22. The zero-order valence-electron chi connectivity index (χ0n) is 12.3. The maximum Gasteiger partial charge on any atom is 0.401 e. The van der Waals surface area contributed by atoms with E-state index in [1.165, 1.54) is 12.1 Å². The van der Waals surface area contributed by atoms with Gasteiger partial charge < -0.3 is 15.3 Å². The minimum Gasteiger partial charge on any atom is -0.393 e. The normalized spacial score (nSPS) is 18.5. The van der Waals surface area contributed by atoms with Crippen molar-refractivity contribution in [2.24, 2.45) is 0 Å². The SMILES string of the molecule is CC(NCC(F)(F)F)c1cc(F)ccc1N1CCC(O)CC1. The molecule has 1 atom stereocenters. The molecule has 0 aromatic heterocycles. The van der Waals surface area contributed by atoms with E-state index in [0.29, 0.717) is 31.5 Å². The van der Waals surface area contributed by atoms with Crippen LogP contribution in [-0.2, 0) is 0 Å². The molecular weight excluding hydrogens is 300 g/mol. The summed E-state index contributed by atoms with van der Waals surface area (Å²) in [5.74, 6) is -0.476. The number of nitrogens with one attached hydrogen (secondary N) is 1. The number of aliphatic hydroxyl groups is 1. The van der Waals surface area contributed by atoms with Crippen LogP contribution >= 0.6 is 0 Å². The molecule has 1 unspecified atom stereocenters. The van der Waals surface area contributed by atoms with Crippen LogP contribution in [0.3, 0.4) is 0 Å². The van der Waals surface area contributed by atoms with Crippen molar-refractivity contribution in [3.8, 4) is 0 Å². The van der Waals surface area contributed by atoms with Crippen molar-refractivity contribution >= 4 is 5.69 Å². The molecule has 0 aliphatic carbocycles. The highest BCUT2D eigenvalue weighted by molar-refractivity contribution is 5.55. The van der Waals surface area contributed by atoms with Crippen molar-refractivity contribution < 1.29 is 22.7 Å². The number of benzene rings is 1.